The Morgan fingerprint density at radius 1 is 1.37 bits per heavy atom. The van der Waals surface area contributed by atoms with E-state index in [0.29, 0.717) is 5.56 Å². The van der Waals surface area contributed by atoms with Crippen LogP contribution in [0.25, 0.3) is 0 Å². The maximum atomic E-state index is 11.8. The number of nitrogen functional groups attached to an aromatic ring is 1. The van der Waals surface area contributed by atoms with Crippen LogP contribution in [-0.2, 0) is 4.79 Å². The normalized spacial score (nSPS) is 11.4. The molecule has 19 heavy (non-hydrogen) atoms. The van der Waals surface area contributed by atoms with Gasteiger partial charge in [0.15, 0.2) is 6.04 Å². The molecular weight excluding hydrogens is 257 g/mol. The van der Waals surface area contributed by atoms with Crippen molar-refractivity contribution in [1.29, 1.82) is 0 Å². The number of carboxylic acids is 1. The smallest absolute Gasteiger partial charge is 1.00 e. The van der Waals surface area contributed by atoms with Crippen molar-refractivity contribution in [1.82, 2.24) is 9.55 Å². The van der Waals surface area contributed by atoms with E-state index in [9.17, 15) is 14.7 Å². The number of nitrogens with two attached hydrogens (primary N) is 1. The van der Waals surface area contributed by atoms with Gasteiger partial charge < -0.3 is 12.3 Å². The average molecular weight is 269 g/mol. The molecule has 1 atom stereocenters. The topological polar surface area (TPSA) is 98.2 Å². The molecule has 7 heteroatoms. The van der Waals surface area contributed by atoms with Gasteiger partial charge >= 0.3 is 35.5 Å². The molecule has 2 aromatic rings. The van der Waals surface area contributed by atoms with Gasteiger partial charge in [-0.15, -0.1) is 0 Å². The van der Waals surface area contributed by atoms with E-state index in [2.05, 4.69) is 4.98 Å². The number of nitrogens with zero attached hydrogens (tertiary/aromatic N) is 2. The van der Waals surface area contributed by atoms with Crippen LogP contribution in [-0.4, -0.2) is 20.6 Å². The van der Waals surface area contributed by atoms with E-state index in [1.54, 1.807) is 30.3 Å². The van der Waals surface area contributed by atoms with Crippen LogP contribution in [0.15, 0.2) is 47.7 Å². The molecule has 0 aliphatic heterocycles. The van der Waals surface area contributed by atoms with E-state index in [1.807, 2.05) is 0 Å². The predicted molar refractivity (Wildman–Crippen MR) is 66.2 cm³/mol. The van der Waals surface area contributed by atoms with Gasteiger partial charge in [-0.2, -0.15) is 0 Å². The molecule has 0 aliphatic carbocycles. The minimum atomic E-state index is -1.14. The number of rotatable bonds is 3. The molecule has 0 spiro atoms. The van der Waals surface area contributed by atoms with E-state index >= 15 is 0 Å². The summed E-state index contributed by atoms with van der Waals surface area (Å²) in [5.74, 6) is -1.14. The van der Waals surface area contributed by atoms with Crippen molar-refractivity contribution in [2.75, 3.05) is 5.73 Å². The van der Waals surface area contributed by atoms with Crippen LogP contribution < -0.4 is 40.9 Å². The Kier molecular flexibility index (Phi) is 5.29. The van der Waals surface area contributed by atoms with Gasteiger partial charge in [0.1, 0.15) is 5.69 Å². The first-order valence-corrected chi connectivity index (χ1v) is 5.20. The standard InChI is InChI=1S/C12H11N3O3.Na.H/c13-9-6-14-7-15(11(9)16)10(12(17)18)8-4-2-1-3-5-8;;/h1-7,10H,13H2,(H,17,18);;/q;+1;-1. The number of hydrogen-bond donors (Lipinski definition) is 2. The molecule has 0 bridgehead atoms. The summed E-state index contributed by atoms with van der Waals surface area (Å²) in [7, 11) is 0. The van der Waals surface area contributed by atoms with E-state index in [4.69, 9.17) is 5.73 Å². The number of aromatic nitrogens is 2. The Morgan fingerprint density at radius 2 is 2.00 bits per heavy atom. The Bertz CT molecular complexity index is 633. The fraction of sp³-hybridized carbons (Fsp3) is 0.0833. The molecular formula is C12H12N3NaO3. The van der Waals surface area contributed by atoms with Crippen LogP contribution >= 0.6 is 0 Å². The Labute approximate surface area is 132 Å². The van der Waals surface area contributed by atoms with E-state index in [1.165, 1.54) is 12.5 Å². The zero-order valence-electron chi connectivity index (χ0n) is 11.4. The van der Waals surface area contributed by atoms with Crippen molar-refractivity contribution in [2.24, 2.45) is 0 Å². The summed E-state index contributed by atoms with van der Waals surface area (Å²) in [6.07, 6.45) is 2.37. The third-order valence-corrected chi connectivity index (χ3v) is 2.51. The van der Waals surface area contributed by atoms with Crippen molar-refractivity contribution in [3.05, 3.63) is 58.8 Å². The molecule has 1 aromatic heterocycles. The fourth-order valence-corrected chi connectivity index (χ4v) is 1.68. The number of anilines is 1. The van der Waals surface area contributed by atoms with Crippen molar-refractivity contribution in [3.8, 4) is 0 Å². The first kappa shape index (κ1) is 15.4. The van der Waals surface area contributed by atoms with Gasteiger partial charge in [0, 0.05) is 0 Å². The zero-order valence-corrected chi connectivity index (χ0v) is 12.4. The number of carboxylic acid groups (broad SMARTS) is 1. The van der Waals surface area contributed by atoms with Gasteiger partial charge in [-0.3, -0.25) is 9.36 Å². The molecule has 0 saturated heterocycles. The SMILES string of the molecule is Nc1cncn(C(C(=O)O)c2ccccc2)c1=O.[H-].[Na+]. The molecule has 0 saturated carbocycles. The summed E-state index contributed by atoms with van der Waals surface area (Å²) in [6.45, 7) is 0. The van der Waals surface area contributed by atoms with Crippen LogP contribution in [0.1, 0.15) is 13.0 Å². The first-order valence-electron chi connectivity index (χ1n) is 5.20. The number of hydrogen-bond acceptors (Lipinski definition) is 4. The van der Waals surface area contributed by atoms with Gasteiger partial charge in [-0.1, -0.05) is 30.3 Å². The van der Waals surface area contributed by atoms with Gasteiger partial charge in [-0.05, 0) is 5.56 Å². The second kappa shape index (κ2) is 6.51. The monoisotopic (exact) mass is 269 g/mol. The van der Waals surface area contributed by atoms with Crippen molar-refractivity contribution in [2.45, 2.75) is 6.04 Å². The summed E-state index contributed by atoms with van der Waals surface area (Å²) in [5, 5.41) is 9.27. The molecule has 2 rings (SSSR count). The predicted octanol–water partition coefficient (Wildman–Crippen LogP) is -2.38. The van der Waals surface area contributed by atoms with Crippen molar-refractivity contribution >= 4 is 11.7 Å². The number of aliphatic carboxylic acids is 1. The zero-order chi connectivity index (χ0) is 13.1. The van der Waals surface area contributed by atoms with E-state index in [0.717, 1.165) is 4.57 Å². The van der Waals surface area contributed by atoms with Gasteiger partial charge in [0.05, 0.1) is 12.5 Å². The van der Waals surface area contributed by atoms with Gasteiger partial charge in [-0.25, -0.2) is 9.78 Å². The molecule has 0 radical (unpaired) electrons. The van der Waals surface area contributed by atoms with Crippen molar-refractivity contribution in [3.63, 3.8) is 0 Å². The molecule has 0 aliphatic rings. The minimum Gasteiger partial charge on any atom is -1.00 e. The molecule has 3 N–H and O–H groups in total. The average Bonchev–Trinajstić information content (AvgIpc) is 2.36. The Hall–Kier alpha value is -1.63. The largest absolute Gasteiger partial charge is 1.00 e. The Balaban J connectivity index is 0.00000180. The van der Waals surface area contributed by atoms with E-state index in [-0.39, 0.29) is 36.7 Å². The molecule has 94 valence electrons. The molecule has 6 nitrogen and oxygen atoms in total. The summed E-state index contributed by atoms with van der Waals surface area (Å²) in [6, 6.07) is 7.31. The fourth-order valence-electron chi connectivity index (χ4n) is 1.68. The molecule has 1 unspecified atom stereocenters. The quantitative estimate of drug-likeness (QED) is 0.606. The third-order valence-electron chi connectivity index (χ3n) is 2.51. The summed E-state index contributed by atoms with van der Waals surface area (Å²) < 4.78 is 1.01. The van der Waals surface area contributed by atoms with Gasteiger partial charge in [0.2, 0.25) is 0 Å². The number of benzene rings is 1. The van der Waals surface area contributed by atoms with Crippen LogP contribution in [0.4, 0.5) is 5.69 Å². The second-order valence-corrected chi connectivity index (χ2v) is 3.71. The minimum absolute atomic E-state index is 0. The van der Waals surface area contributed by atoms with Crippen LogP contribution in [0.5, 0.6) is 0 Å². The molecule has 1 heterocycles. The van der Waals surface area contributed by atoms with Crippen LogP contribution in [0.2, 0.25) is 0 Å². The van der Waals surface area contributed by atoms with Gasteiger partial charge in [0.25, 0.3) is 5.56 Å². The maximum absolute atomic E-state index is 11.8. The molecule has 0 fully saturated rings. The third kappa shape index (κ3) is 3.23. The summed E-state index contributed by atoms with van der Waals surface area (Å²) >= 11 is 0. The Morgan fingerprint density at radius 3 is 2.58 bits per heavy atom. The number of carbonyl (C=O) groups is 1. The van der Waals surface area contributed by atoms with E-state index < -0.39 is 17.6 Å². The first-order chi connectivity index (χ1) is 8.61. The van der Waals surface area contributed by atoms with Crippen LogP contribution in [0, 0.1) is 0 Å². The molecule has 0 amide bonds. The summed E-state index contributed by atoms with van der Waals surface area (Å²) in [4.78, 5) is 26.9. The van der Waals surface area contributed by atoms with Crippen molar-refractivity contribution < 1.29 is 40.9 Å². The molecule has 1 aromatic carbocycles. The summed E-state index contributed by atoms with van der Waals surface area (Å²) in [5.41, 5.74) is 5.28. The van der Waals surface area contributed by atoms with Crippen LogP contribution in [0.3, 0.4) is 0 Å². The second-order valence-electron chi connectivity index (χ2n) is 3.71. The maximum Gasteiger partial charge on any atom is 1.00 e.